The van der Waals surface area contributed by atoms with Crippen molar-refractivity contribution in [2.45, 2.75) is 0 Å². The van der Waals surface area contributed by atoms with E-state index in [0.717, 1.165) is 10.5 Å². The highest BCUT2D eigenvalue weighted by Gasteiger charge is 2.07. The molecule has 1 amide bonds. The second-order valence-electron chi connectivity index (χ2n) is 4.22. The number of carboxylic acids is 1. The first-order chi connectivity index (χ1) is 10.1. The van der Waals surface area contributed by atoms with E-state index in [9.17, 15) is 9.59 Å². The first-order valence-electron chi connectivity index (χ1n) is 6.13. The monoisotopic (exact) mass is 345 g/mol. The smallest absolute Gasteiger partial charge is 0.328 e. The summed E-state index contributed by atoms with van der Waals surface area (Å²) >= 11 is 3.31. The van der Waals surface area contributed by atoms with Crippen LogP contribution in [0.25, 0.3) is 6.08 Å². The third-order valence-corrected chi connectivity index (χ3v) is 3.25. The molecule has 0 saturated heterocycles. The zero-order valence-electron chi connectivity index (χ0n) is 10.9. The van der Waals surface area contributed by atoms with Crippen LogP contribution in [0.2, 0.25) is 0 Å². The molecule has 2 aromatic rings. The molecule has 2 rings (SSSR count). The topological polar surface area (TPSA) is 66.4 Å². The number of carbonyl (C=O) groups is 2. The second kappa shape index (κ2) is 6.85. The molecule has 0 heterocycles. The Labute approximate surface area is 130 Å². The van der Waals surface area contributed by atoms with Crippen molar-refractivity contribution in [3.8, 4) is 0 Å². The molecule has 21 heavy (non-hydrogen) atoms. The van der Waals surface area contributed by atoms with Crippen molar-refractivity contribution in [2.24, 2.45) is 0 Å². The molecule has 0 aromatic heterocycles. The van der Waals surface area contributed by atoms with Gasteiger partial charge in [0.25, 0.3) is 5.91 Å². The Morgan fingerprint density at radius 3 is 2.38 bits per heavy atom. The maximum Gasteiger partial charge on any atom is 0.328 e. The van der Waals surface area contributed by atoms with Gasteiger partial charge in [0.15, 0.2) is 0 Å². The van der Waals surface area contributed by atoms with Crippen molar-refractivity contribution in [3.63, 3.8) is 0 Å². The molecule has 106 valence electrons. The van der Waals surface area contributed by atoms with Gasteiger partial charge in [0.2, 0.25) is 0 Å². The summed E-state index contributed by atoms with van der Waals surface area (Å²) in [6.07, 6.45) is 2.48. The van der Waals surface area contributed by atoms with E-state index in [1.807, 2.05) is 0 Å². The molecule has 0 bridgehead atoms. The second-order valence-corrected chi connectivity index (χ2v) is 5.14. The minimum atomic E-state index is -1.04. The van der Waals surface area contributed by atoms with Crippen molar-refractivity contribution in [1.82, 2.24) is 0 Å². The number of anilines is 1. The van der Waals surface area contributed by atoms with Gasteiger partial charge in [0.05, 0.1) is 0 Å². The zero-order valence-corrected chi connectivity index (χ0v) is 12.5. The van der Waals surface area contributed by atoms with Gasteiger partial charge in [0.1, 0.15) is 0 Å². The SMILES string of the molecule is O=C(O)C=Cc1ccccc1NC(=O)c1ccc(Br)cc1. The van der Waals surface area contributed by atoms with Crippen molar-refractivity contribution >= 4 is 39.6 Å². The zero-order chi connectivity index (χ0) is 15.2. The van der Waals surface area contributed by atoms with Crippen molar-refractivity contribution in [1.29, 1.82) is 0 Å². The van der Waals surface area contributed by atoms with E-state index in [4.69, 9.17) is 5.11 Å². The summed E-state index contributed by atoms with van der Waals surface area (Å²) in [5.41, 5.74) is 1.71. The normalized spacial score (nSPS) is 10.5. The van der Waals surface area contributed by atoms with E-state index in [1.54, 1.807) is 48.5 Å². The number of rotatable bonds is 4. The Bertz CT molecular complexity index is 693. The molecule has 0 aliphatic rings. The third kappa shape index (κ3) is 4.29. The lowest BCUT2D eigenvalue weighted by Crippen LogP contribution is -2.12. The molecule has 5 heteroatoms. The van der Waals surface area contributed by atoms with Crippen LogP contribution in [0.3, 0.4) is 0 Å². The predicted molar refractivity (Wildman–Crippen MR) is 85.2 cm³/mol. The van der Waals surface area contributed by atoms with Gasteiger partial charge in [-0.3, -0.25) is 4.79 Å². The molecular weight excluding hydrogens is 334 g/mol. The number of amides is 1. The highest BCUT2D eigenvalue weighted by atomic mass is 79.9. The minimum absolute atomic E-state index is 0.251. The van der Waals surface area contributed by atoms with Crippen LogP contribution < -0.4 is 5.32 Å². The van der Waals surface area contributed by atoms with Crippen LogP contribution in [0.1, 0.15) is 15.9 Å². The molecular formula is C16H12BrNO3. The molecule has 0 aliphatic heterocycles. The predicted octanol–water partition coefficient (Wildman–Crippen LogP) is 3.80. The van der Waals surface area contributed by atoms with Gasteiger partial charge in [-0.25, -0.2) is 4.79 Å². The largest absolute Gasteiger partial charge is 0.478 e. The molecule has 0 radical (unpaired) electrons. The molecule has 0 spiro atoms. The number of nitrogens with one attached hydrogen (secondary N) is 1. The molecule has 0 fully saturated rings. The molecule has 4 nitrogen and oxygen atoms in total. The van der Waals surface area contributed by atoms with E-state index in [1.165, 1.54) is 6.08 Å². The van der Waals surface area contributed by atoms with Gasteiger partial charge >= 0.3 is 5.97 Å². The lowest BCUT2D eigenvalue weighted by atomic mass is 10.1. The van der Waals surface area contributed by atoms with Crippen molar-refractivity contribution in [3.05, 3.63) is 70.2 Å². The van der Waals surface area contributed by atoms with Gasteiger partial charge in [-0.15, -0.1) is 0 Å². The molecule has 0 atom stereocenters. The first-order valence-corrected chi connectivity index (χ1v) is 6.92. The van der Waals surface area contributed by atoms with E-state index in [-0.39, 0.29) is 5.91 Å². The van der Waals surface area contributed by atoms with Crippen LogP contribution in [0.4, 0.5) is 5.69 Å². The minimum Gasteiger partial charge on any atom is -0.478 e. The highest BCUT2D eigenvalue weighted by Crippen LogP contribution is 2.18. The molecule has 2 N–H and O–H groups in total. The van der Waals surface area contributed by atoms with Crippen LogP contribution in [-0.2, 0) is 4.79 Å². The number of hydrogen-bond acceptors (Lipinski definition) is 2. The lowest BCUT2D eigenvalue weighted by Gasteiger charge is -2.08. The average molecular weight is 346 g/mol. The Morgan fingerprint density at radius 2 is 1.71 bits per heavy atom. The number of hydrogen-bond donors (Lipinski definition) is 2. The summed E-state index contributed by atoms with van der Waals surface area (Å²) in [5, 5.41) is 11.4. The Balaban J connectivity index is 2.21. The summed E-state index contributed by atoms with van der Waals surface area (Å²) in [6, 6.07) is 14.0. The molecule has 0 unspecified atom stereocenters. The number of carbonyl (C=O) groups excluding carboxylic acids is 1. The maximum absolute atomic E-state index is 12.1. The van der Waals surface area contributed by atoms with Gasteiger partial charge in [-0.05, 0) is 42.0 Å². The number of carboxylic acid groups (broad SMARTS) is 1. The van der Waals surface area contributed by atoms with Crippen molar-refractivity contribution in [2.75, 3.05) is 5.32 Å². The number of halogens is 1. The number of aliphatic carboxylic acids is 1. The standard InChI is InChI=1S/C16H12BrNO3/c17-13-8-5-12(6-9-13)16(21)18-14-4-2-1-3-11(14)7-10-15(19)20/h1-10H,(H,18,21)(H,19,20). The molecule has 0 saturated carbocycles. The summed E-state index contributed by atoms with van der Waals surface area (Å²) in [5.74, 6) is -1.29. The van der Waals surface area contributed by atoms with Gasteiger partial charge in [-0.2, -0.15) is 0 Å². The van der Waals surface area contributed by atoms with Crippen LogP contribution in [0.15, 0.2) is 59.1 Å². The van der Waals surface area contributed by atoms with Gasteiger partial charge < -0.3 is 10.4 Å². The fourth-order valence-corrected chi connectivity index (χ4v) is 1.98. The first kappa shape index (κ1) is 15.0. The fraction of sp³-hybridized carbons (Fsp3) is 0. The quantitative estimate of drug-likeness (QED) is 0.828. The van der Waals surface area contributed by atoms with Crippen LogP contribution in [0.5, 0.6) is 0 Å². The number of para-hydroxylation sites is 1. The van der Waals surface area contributed by atoms with E-state index >= 15 is 0 Å². The van der Waals surface area contributed by atoms with E-state index in [2.05, 4.69) is 21.2 Å². The van der Waals surface area contributed by atoms with E-state index in [0.29, 0.717) is 16.8 Å². The summed E-state index contributed by atoms with van der Waals surface area (Å²) in [6.45, 7) is 0. The Kier molecular flexibility index (Phi) is 4.90. The highest BCUT2D eigenvalue weighted by molar-refractivity contribution is 9.10. The van der Waals surface area contributed by atoms with Gasteiger partial charge in [-0.1, -0.05) is 34.1 Å². The Morgan fingerprint density at radius 1 is 1.05 bits per heavy atom. The third-order valence-electron chi connectivity index (χ3n) is 2.72. The summed E-state index contributed by atoms with van der Waals surface area (Å²) < 4.78 is 0.892. The van der Waals surface area contributed by atoms with E-state index < -0.39 is 5.97 Å². The van der Waals surface area contributed by atoms with Crippen LogP contribution in [0, 0.1) is 0 Å². The molecule has 2 aromatic carbocycles. The Hall–Kier alpha value is -2.40. The summed E-state index contributed by atoms with van der Waals surface area (Å²) in [7, 11) is 0. The fourth-order valence-electron chi connectivity index (χ4n) is 1.71. The lowest BCUT2D eigenvalue weighted by molar-refractivity contribution is -0.131. The van der Waals surface area contributed by atoms with Crippen molar-refractivity contribution < 1.29 is 14.7 Å². The van der Waals surface area contributed by atoms with Crippen LogP contribution >= 0.6 is 15.9 Å². The molecule has 0 aliphatic carbocycles. The maximum atomic E-state index is 12.1. The van der Waals surface area contributed by atoms with Gasteiger partial charge in [0, 0.05) is 21.8 Å². The number of benzene rings is 2. The van der Waals surface area contributed by atoms with Crippen LogP contribution in [-0.4, -0.2) is 17.0 Å². The summed E-state index contributed by atoms with van der Waals surface area (Å²) in [4.78, 5) is 22.7. The average Bonchev–Trinajstić information content (AvgIpc) is 2.47.